The van der Waals surface area contributed by atoms with Gasteiger partial charge in [0.15, 0.2) is 10.9 Å². The van der Waals surface area contributed by atoms with Crippen molar-refractivity contribution in [3.63, 3.8) is 0 Å². The highest BCUT2D eigenvalue weighted by Crippen LogP contribution is 2.32. The molecule has 3 aromatic rings. The van der Waals surface area contributed by atoms with Crippen LogP contribution in [0.3, 0.4) is 0 Å². The van der Waals surface area contributed by atoms with Gasteiger partial charge in [0.25, 0.3) is 0 Å². The summed E-state index contributed by atoms with van der Waals surface area (Å²) >= 11 is 1.23. The number of ketones is 1. The summed E-state index contributed by atoms with van der Waals surface area (Å²) in [6, 6.07) is 16.7. The smallest absolute Gasteiger partial charge is 0.310 e. The normalized spacial score (nSPS) is 10.5. The fraction of sp³-hybridized carbons (Fsp3) is 0.217. The number of methoxy groups -OCH3 is 1. The number of carbonyl (C=O) groups excluding carboxylic acids is 3. The van der Waals surface area contributed by atoms with Gasteiger partial charge in [-0.25, -0.2) is 4.98 Å². The molecule has 0 spiro atoms. The lowest BCUT2D eigenvalue weighted by Gasteiger charge is -2.03. The average Bonchev–Trinajstić information content (AvgIpc) is 3.14. The molecule has 0 aliphatic heterocycles. The van der Waals surface area contributed by atoms with Crippen LogP contribution in [0.25, 0.3) is 11.3 Å². The van der Waals surface area contributed by atoms with Crippen LogP contribution in [0, 0.1) is 6.92 Å². The Morgan fingerprint density at radius 2 is 1.70 bits per heavy atom. The Morgan fingerprint density at radius 3 is 2.37 bits per heavy atom. The summed E-state index contributed by atoms with van der Waals surface area (Å²) in [5, 5.41) is 3.13. The number of rotatable bonds is 8. The molecule has 0 aliphatic rings. The van der Waals surface area contributed by atoms with Crippen molar-refractivity contribution in [3.05, 3.63) is 70.6 Å². The molecule has 0 atom stereocenters. The van der Waals surface area contributed by atoms with Gasteiger partial charge in [0.2, 0.25) is 5.91 Å². The Morgan fingerprint density at radius 1 is 1.00 bits per heavy atom. The van der Waals surface area contributed by atoms with Crippen molar-refractivity contribution < 1.29 is 19.1 Å². The number of hydrogen-bond donors (Lipinski definition) is 1. The fourth-order valence-electron chi connectivity index (χ4n) is 2.84. The van der Waals surface area contributed by atoms with E-state index in [0.29, 0.717) is 21.3 Å². The molecule has 0 radical (unpaired) electrons. The van der Waals surface area contributed by atoms with Crippen LogP contribution in [0.2, 0.25) is 0 Å². The second kappa shape index (κ2) is 9.93. The maximum Gasteiger partial charge on any atom is 0.310 e. The van der Waals surface area contributed by atoms with Crippen LogP contribution in [0.15, 0.2) is 54.6 Å². The maximum atomic E-state index is 12.3. The molecule has 30 heavy (non-hydrogen) atoms. The van der Waals surface area contributed by atoms with Crippen LogP contribution in [-0.4, -0.2) is 29.8 Å². The summed E-state index contributed by atoms with van der Waals surface area (Å²) < 4.78 is 4.76. The number of carbonyl (C=O) groups is 3. The van der Waals surface area contributed by atoms with Crippen molar-refractivity contribution in [1.82, 2.24) is 4.98 Å². The number of nitrogens with zero attached hydrogens (tertiary/aromatic N) is 1. The van der Waals surface area contributed by atoms with Crippen molar-refractivity contribution in [2.45, 2.75) is 26.2 Å². The van der Waals surface area contributed by atoms with Gasteiger partial charge in [0.1, 0.15) is 0 Å². The Hall–Kier alpha value is -3.32. The van der Waals surface area contributed by atoms with Gasteiger partial charge in [-0.05, 0) is 6.92 Å². The zero-order valence-corrected chi connectivity index (χ0v) is 17.6. The molecule has 0 aliphatic carbocycles. The molecular weight excluding hydrogens is 400 g/mol. The van der Waals surface area contributed by atoms with Crippen molar-refractivity contribution >= 4 is 34.1 Å². The second-order valence-corrected chi connectivity index (χ2v) is 7.83. The lowest BCUT2D eigenvalue weighted by molar-refractivity contribution is -0.139. The number of aromatic nitrogens is 1. The molecule has 154 valence electrons. The predicted molar refractivity (Wildman–Crippen MR) is 117 cm³/mol. The van der Waals surface area contributed by atoms with Gasteiger partial charge >= 0.3 is 5.97 Å². The zero-order valence-electron chi connectivity index (χ0n) is 16.8. The average molecular weight is 423 g/mol. The van der Waals surface area contributed by atoms with Gasteiger partial charge < -0.3 is 10.1 Å². The third kappa shape index (κ3) is 5.61. The van der Waals surface area contributed by atoms with Crippen molar-refractivity contribution in [2.75, 3.05) is 12.4 Å². The van der Waals surface area contributed by atoms with E-state index in [2.05, 4.69) is 10.3 Å². The van der Waals surface area contributed by atoms with Crippen molar-refractivity contribution in [3.8, 4) is 11.3 Å². The van der Waals surface area contributed by atoms with Crippen LogP contribution in [0.4, 0.5) is 5.13 Å². The van der Waals surface area contributed by atoms with Gasteiger partial charge in [-0.3, -0.25) is 14.4 Å². The van der Waals surface area contributed by atoms with E-state index in [4.69, 9.17) is 4.74 Å². The van der Waals surface area contributed by atoms with Gasteiger partial charge in [0.05, 0.1) is 19.2 Å². The highest BCUT2D eigenvalue weighted by molar-refractivity contribution is 7.16. The van der Waals surface area contributed by atoms with Gasteiger partial charge in [0, 0.05) is 28.8 Å². The number of amides is 1. The molecule has 1 aromatic heterocycles. The number of hydrogen-bond acceptors (Lipinski definition) is 6. The molecule has 1 N–H and O–H groups in total. The van der Waals surface area contributed by atoms with Gasteiger partial charge in [-0.1, -0.05) is 60.2 Å². The van der Waals surface area contributed by atoms with Crippen LogP contribution < -0.4 is 5.32 Å². The topological polar surface area (TPSA) is 85.4 Å². The first kappa shape index (κ1) is 21.4. The minimum Gasteiger partial charge on any atom is -0.469 e. The molecular formula is C23H22N2O4S. The summed E-state index contributed by atoms with van der Waals surface area (Å²) in [4.78, 5) is 41.6. The molecule has 1 amide bonds. The molecule has 0 bridgehead atoms. The molecule has 2 aromatic carbocycles. The number of nitrogens with one attached hydrogen (secondary N) is 1. The predicted octanol–water partition coefficient (Wildman–Crippen LogP) is 4.44. The monoisotopic (exact) mass is 422 g/mol. The minimum absolute atomic E-state index is 0.0549. The molecule has 0 saturated carbocycles. The molecule has 7 heteroatoms. The number of esters is 1. The first-order chi connectivity index (χ1) is 14.5. The molecule has 3 rings (SSSR count). The number of Topliss-reactive ketones (excluding diaryl/α,β-unsaturated/α-hetero) is 1. The fourth-order valence-corrected chi connectivity index (χ4v) is 3.83. The number of ether oxygens (including phenoxy) is 1. The molecule has 0 fully saturated rings. The minimum atomic E-state index is -0.377. The summed E-state index contributed by atoms with van der Waals surface area (Å²) in [5.41, 5.74) is 3.15. The molecule has 1 heterocycles. The van der Waals surface area contributed by atoms with E-state index in [9.17, 15) is 14.4 Å². The Balaban J connectivity index is 1.68. The standard InChI is InChI=1S/C23H22N2O4S/c1-15-8-10-16(11-9-15)18(26)12-13-20(27)24-23-25-22(17-6-4-3-5-7-17)19(30-23)14-21(28)29-2/h3-11H,12-14H2,1-2H3,(H,24,25,27). The van der Waals surface area contributed by atoms with Crippen LogP contribution in [0.1, 0.15) is 33.6 Å². The van der Waals surface area contributed by atoms with Crippen molar-refractivity contribution in [1.29, 1.82) is 0 Å². The largest absolute Gasteiger partial charge is 0.469 e. The molecule has 0 unspecified atom stereocenters. The number of aryl methyl sites for hydroxylation is 1. The van der Waals surface area contributed by atoms with Crippen LogP contribution in [0.5, 0.6) is 0 Å². The van der Waals surface area contributed by atoms with Crippen LogP contribution >= 0.6 is 11.3 Å². The Kier molecular flexibility index (Phi) is 7.08. The summed E-state index contributed by atoms with van der Waals surface area (Å²) in [5.74, 6) is -0.758. The maximum absolute atomic E-state index is 12.3. The quantitative estimate of drug-likeness (QED) is 0.429. The third-order valence-corrected chi connectivity index (χ3v) is 5.45. The zero-order chi connectivity index (χ0) is 21.5. The third-order valence-electron chi connectivity index (χ3n) is 4.48. The lowest BCUT2D eigenvalue weighted by atomic mass is 10.1. The summed E-state index contributed by atoms with van der Waals surface area (Å²) in [7, 11) is 1.33. The van der Waals surface area contributed by atoms with Crippen LogP contribution in [-0.2, 0) is 20.7 Å². The second-order valence-electron chi connectivity index (χ2n) is 6.75. The van der Waals surface area contributed by atoms with Gasteiger partial charge in [-0.15, -0.1) is 11.3 Å². The number of thiazole rings is 1. The van der Waals surface area contributed by atoms with Crippen molar-refractivity contribution in [2.24, 2.45) is 0 Å². The molecule has 6 nitrogen and oxygen atoms in total. The van der Waals surface area contributed by atoms with Gasteiger partial charge in [-0.2, -0.15) is 0 Å². The number of anilines is 1. The highest BCUT2D eigenvalue weighted by Gasteiger charge is 2.18. The van der Waals surface area contributed by atoms with E-state index in [1.54, 1.807) is 12.1 Å². The van der Waals surface area contributed by atoms with E-state index < -0.39 is 0 Å². The summed E-state index contributed by atoms with van der Waals surface area (Å²) in [6.07, 6.45) is 0.236. The Labute approximate surface area is 178 Å². The summed E-state index contributed by atoms with van der Waals surface area (Å²) in [6.45, 7) is 1.95. The van der Waals surface area contributed by atoms with E-state index >= 15 is 0 Å². The Bertz CT molecular complexity index is 1040. The first-order valence-corrected chi connectivity index (χ1v) is 10.3. The van der Waals surface area contributed by atoms with E-state index in [0.717, 1.165) is 11.1 Å². The molecule has 0 saturated heterocycles. The van der Waals surface area contributed by atoms with E-state index in [1.165, 1.54) is 18.4 Å². The SMILES string of the molecule is COC(=O)Cc1sc(NC(=O)CCC(=O)c2ccc(C)cc2)nc1-c1ccccc1. The first-order valence-electron chi connectivity index (χ1n) is 9.48. The highest BCUT2D eigenvalue weighted by atomic mass is 32.1. The van der Waals surface area contributed by atoms with E-state index in [1.807, 2.05) is 49.4 Å². The van der Waals surface area contributed by atoms with E-state index in [-0.39, 0.29) is 36.9 Å². The number of benzene rings is 2. The lowest BCUT2D eigenvalue weighted by Crippen LogP contribution is -2.13.